The molecule has 0 amide bonds. The molecule has 0 aromatic heterocycles. The van der Waals surface area contributed by atoms with Crippen molar-refractivity contribution in [2.75, 3.05) is 5.75 Å². The Morgan fingerprint density at radius 3 is 2.89 bits per heavy atom. The van der Waals surface area contributed by atoms with Crippen molar-refractivity contribution in [2.24, 2.45) is 0 Å². The Kier molecular flexibility index (Phi) is 6.06. The lowest BCUT2D eigenvalue weighted by atomic mass is 10.0. The van der Waals surface area contributed by atoms with E-state index >= 15 is 0 Å². The summed E-state index contributed by atoms with van der Waals surface area (Å²) in [5.41, 5.74) is 1.32. The lowest BCUT2D eigenvalue weighted by Gasteiger charge is -2.26. The van der Waals surface area contributed by atoms with Crippen molar-refractivity contribution in [1.29, 1.82) is 0 Å². The molecule has 2 rings (SSSR count). The summed E-state index contributed by atoms with van der Waals surface area (Å²) < 4.78 is 0. The van der Waals surface area contributed by atoms with Crippen molar-refractivity contribution < 1.29 is 0 Å². The molecule has 1 nitrogen and oxygen atoms in total. The molecule has 1 fully saturated rings. The lowest BCUT2D eigenvalue weighted by molar-refractivity contribution is 0.435. The van der Waals surface area contributed by atoms with Gasteiger partial charge in [-0.1, -0.05) is 44.0 Å². The zero-order valence-electron chi connectivity index (χ0n) is 11.9. The smallest absolute Gasteiger partial charge is 0.0409 e. The lowest BCUT2D eigenvalue weighted by Crippen LogP contribution is -2.37. The molecule has 3 heteroatoms. The average Bonchev–Trinajstić information content (AvgIpc) is 2.84. The van der Waals surface area contributed by atoms with E-state index in [1.807, 2.05) is 6.07 Å². The van der Waals surface area contributed by atoms with Crippen LogP contribution in [0.2, 0.25) is 5.02 Å². The number of thioether (sulfide) groups is 1. The zero-order valence-corrected chi connectivity index (χ0v) is 13.4. The van der Waals surface area contributed by atoms with Gasteiger partial charge < -0.3 is 5.32 Å². The molecular formula is C16H24ClNS. The van der Waals surface area contributed by atoms with Crippen molar-refractivity contribution in [3.63, 3.8) is 0 Å². The van der Waals surface area contributed by atoms with Crippen molar-refractivity contribution in [1.82, 2.24) is 5.32 Å². The number of benzene rings is 1. The molecule has 0 heterocycles. The third-order valence-electron chi connectivity index (χ3n) is 3.91. The number of nitrogens with one attached hydrogen (secondary N) is 1. The summed E-state index contributed by atoms with van der Waals surface area (Å²) in [5.74, 6) is 1.22. The second-order valence-electron chi connectivity index (χ2n) is 5.21. The molecule has 3 atom stereocenters. The Morgan fingerprint density at radius 2 is 2.21 bits per heavy atom. The molecule has 1 aromatic carbocycles. The maximum atomic E-state index is 6.11. The molecule has 0 radical (unpaired) electrons. The summed E-state index contributed by atoms with van der Waals surface area (Å²) in [7, 11) is 0. The van der Waals surface area contributed by atoms with Gasteiger partial charge in [0.05, 0.1) is 0 Å². The Morgan fingerprint density at radius 1 is 1.37 bits per heavy atom. The van der Waals surface area contributed by atoms with Crippen LogP contribution in [0.4, 0.5) is 0 Å². The summed E-state index contributed by atoms with van der Waals surface area (Å²) in [6, 6.07) is 9.37. The SMILES string of the molecule is CCSC1CCCC1NC(CC)c1cccc(Cl)c1. The van der Waals surface area contributed by atoms with E-state index in [4.69, 9.17) is 11.6 Å². The molecule has 3 unspecified atom stereocenters. The molecule has 1 N–H and O–H groups in total. The molecule has 1 aliphatic carbocycles. The van der Waals surface area contributed by atoms with Crippen LogP contribution in [0.1, 0.15) is 51.1 Å². The second-order valence-corrected chi connectivity index (χ2v) is 7.17. The average molecular weight is 298 g/mol. The number of hydrogen-bond acceptors (Lipinski definition) is 2. The first-order valence-electron chi connectivity index (χ1n) is 7.37. The fraction of sp³-hybridized carbons (Fsp3) is 0.625. The minimum Gasteiger partial charge on any atom is -0.306 e. The minimum atomic E-state index is 0.432. The van der Waals surface area contributed by atoms with Crippen LogP contribution in [-0.4, -0.2) is 17.0 Å². The topological polar surface area (TPSA) is 12.0 Å². The summed E-state index contributed by atoms with van der Waals surface area (Å²) in [5, 5.41) is 5.49. The van der Waals surface area contributed by atoms with Crippen LogP contribution in [0.25, 0.3) is 0 Å². The highest BCUT2D eigenvalue weighted by molar-refractivity contribution is 7.99. The van der Waals surface area contributed by atoms with E-state index < -0.39 is 0 Å². The molecule has 0 bridgehead atoms. The number of hydrogen-bond donors (Lipinski definition) is 1. The highest BCUT2D eigenvalue weighted by Gasteiger charge is 2.28. The summed E-state index contributed by atoms with van der Waals surface area (Å²) in [6.07, 6.45) is 5.15. The normalized spacial score (nSPS) is 24.6. The Labute approximate surface area is 126 Å². The molecule has 1 aliphatic rings. The van der Waals surface area contributed by atoms with E-state index in [9.17, 15) is 0 Å². The standard InChI is InChI=1S/C16H24ClNS/c1-3-14(12-7-5-8-13(17)11-12)18-15-9-6-10-16(15)19-4-2/h5,7-8,11,14-16,18H,3-4,6,9-10H2,1-2H3. The molecule has 19 heavy (non-hydrogen) atoms. The fourth-order valence-corrected chi connectivity index (χ4v) is 4.37. The van der Waals surface area contributed by atoms with Crippen LogP contribution in [-0.2, 0) is 0 Å². The fourth-order valence-electron chi connectivity index (χ4n) is 2.96. The summed E-state index contributed by atoms with van der Waals surface area (Å²) in [6.45, 7) is 4.50. The second kappa shape index (κ2) is 7.56. The third-order valence-corrected chi connectivity index (χ3v) is 5.47. The van der Waals surface area contributed by atoms with Gasteiger partial charge in [-0.2, -0.15) is 11.8 Å². The third kappa shape index (κ3) is 4.14. The molecule has 0 spiro atoms. The summed E-state index contributed by atoms with van der Waals surface area (Å²) in [4.78, 5) is 0. The molecule has 106 valence electrons. The summed E-state index contributed by atoms with van der Waals surface area (Å²) >= 11 is 8.22. The van der Waals surface area contributed by atoms with E-state index in [1.54, 1.807) is 0 Å². The molecule has 0 aliphatic heterocycles. The molecule has 1 aromatic rings. The predicted octanol–water partition coefficient (Wildman–Crippen LogP) is 5.05. The Bertz CT molecular complexity index is 396. The zero-order chi connectivity index (χ0) is 13.7. The van der Waals surface area contributed by atoms with E-state index in [1.165, 1.54) is 30.6 Å². The van der Waals surface area contributed by atoms with Crippen molar-refractivity contribution in [3.8, 4) is 0 Å². The largest absolute Gasteiger partial charge is 0.306 e. The van der Waals surface area contributed by atoms with E-state index in [2.05, 4.69) is 49.1 Å². The first-order chi connectivity index (χ1) is 9.24. The first kappa shape index (κ1) is 15.2. The van der Waals surface area contributed by atoms with Crippen LogP contribution in [0.15, 0.2) is 24.3 Å². The molecule has 0 saturated heterocycles. The minimum absolute atomic E-state index is 0.432. The highest BCUT2D eigenvalue weighted by Crippen LogP contribution is 2.32. The van der Waals surface area contributed by atoms with E-state index in [0.29, 0.717) is 12.1 Å². The van der Waals surface area contributed by atoms with Crippen molar-refractivity contribution >= 4 is 23.4 Å². The van der Waals surface area contributed by atoms with Crippen molar-refractivity contribution in [2.45, 2.75) is 56.9 Å². The van der Waals surface area contributed by atoms with Crippen LogP contribution >= 0.6 is 23.4 Å². The first-order valence-corrected chi connectivity index (χ1v) is 8.80. The van der Waals surface area contributed by atoms with Gasteiger partial charge in [0, 0.05) is 22.4 Å². The van der Waals surface area contributed by atoms with Gasteiger partial charge in [0.25, 0.3) is 0 Å². The Balaban J connectivity index is 2.02. The highest BCUT2D eigenvalue weighted by atomic mass is 35.5. The van der Waals surface area contributed by atoms with Gasteiger partial charge in [0.1, 0.15) is 0 Å². The van der Waals surface area contributed by atoms with Crippen LogP contribution < -0.4 is 5.32 Å². The van der Waals surface area contributed by atoms with Crippen LogP contribution in [0, 0.1) is 0 Å². The maximum absolute atomic E-state index is 6.11. The monoisotopic (exact) mass is 297 g/mol. The molecule has 1 saturated carbocycles. The van der Waals surface area contributed by atoms with Gasteiger partial charge >= 0.3 is 0 Å². The maximum Gasteiger partial charge on any atom is 0.0409 e. The quantitative estimate of drug-likeness (QED) is 0.788. The van der Waals surface area contributed by atoms with Gasteiger partial charge in [0.15, 0.2) is 0 Å². The van der Waals surface area contributed by atoms with Gasteiger partial charge in [-0.3, -0.25) is 0 Å². The number of rotatable bonds is 6. The number of halogens is 1. The van der Waals surface area contributed by atoms with E-state index in [-0.39, 0.29) is 0 Å². The van der Waals surface area contributed by atoms with Crippen LogP contribution in [0.3, 0.4) is 0 Å². The van der Waals surface area contributed by atoms with Crippen LogP contribution in [0.5, 0.6) is 0 Å². The van der Waals surface area contributed by atoms with E-state index in [0.717, 1.165) is 16.7 Å². The van der Waals surface area contributed by atoms with Gasteiger partial charge in [-0.05, 0) is 42.7 Å². The van der Waals surface area contributed by atoms with Crippen molar-refractivity contribution in [3.05, 3.63) is 34.9 Å². The Hall–Kier alpha value is -0.180. The molecular weight excluding hydrogens is 274 g/mol. The van der Waals surface area contributed by atoms with Gasteiger partial charge in [-0.25, -0.2) is 0 Å². The predicted molar refractivity (Wildman–Crippen MR) is 87.2 cm³/mol. The van der Waals surface area contributed by atoms with Gasteiger partial charge in [-0.15, -0.1) is 0 Å². The van der Waals surface area contributed by atoms with Gasteiger partial charge in [0.2, 0.25) is 0 Å².